The van der Waals surface area contributed by atoms with Crippen molar-refractivity contribution in [1.29, 1.82) is 0 Å². The predicted octanol–water partition coefficient (Wildman–Crippen LogP) is 2.84. The van der Waals surface area contributed by atoms with Gasteiger partial charge in [-0.1, -0.05) is 18.2 Å². The van der Waals surface area contributed by atoms with Crippen molar-refractivity contribution in [2.24, 2.45) is 4.99 Å². The number of hydrogen-bond donors (Lipinski definition) is 3. The summed E-state index contributed by atoms with van der Waals surface area (Å²) in [5.41, 5.74) is 0.697. The molecule has 0 radical (unpaired) electrons. The van der Waals surface area contributed by atoms with E-state index in [9.17, 15) is 9.50 Å². The number of aliphatic hydroxyl groups is 1. The molecule has 0 aromatic heterocycles. The van der Waals surface area contributed by atoms with Gasteiger partial charge in [-0.05, 0) is 50.7 Å². The molecule has 0 spiro atoms. The van der Waals surface area contributed by atoms with E-state index in [2.05, 4.69) is 15.6 Å². The van der Waals surface area contributed by atoms with Crippen molar-refractivity contribution >= 4 is 29.9 Å². The fourth-order valence-electron chi connectivity index (χ4n) is 2.72. The van der Waals surface area contributed by atoms with Crippen molar-refractivity contribution in [3.8, 4) is 0 Å². The van der Waals surface area contributed by atoms with Gasteiger partial charge in [0.15, 0.2) is 5.96 Å². The maximum Gasteiger partial charge on any atom is 0.191 e. The molecule has 1 aliphatic carbocycles. The highest BCUT2D eigenvalue weighted by atomic mass is 127. The second-order valence-electron chi connectivity index (χ2n) is 5.75. The van der Waals surface area contributed by atoms with Crippen LogP contribution in [0.4, 0.5) is 4.39 Å². The minimum atomic E-state index is -0.170. The molecular formula is C17H27FIN3O. The molecule has 0 aliphatic heterocycles. The smallest absolute Gasteiger partial charge is 0.191 e. The van der Waals surface area contributed by atoms with E-state index < -0.39 is 0 Å². The van der Waals surface area contributed by atoms with E-state index in [1.165, 1.54) is 6.07 Å². The Morgan fingerprint density at radius 2 is 1.96 bits per heavy atom. The second kappa shape index (κ2) is 10.8. The van der Waals surface area contributed by atoms with E-state index in [-0.39, 0.29) is 35.9 Å². The first-order chi connectivity index (χ1) is 10.7. The Labute approximate surface area is 155 Å². The fraction of sp³-hybridized carbons (Fsp3) is 0.588. The summed E-state index contributed by atoms with van der Waals surface area (Å²) >= 11 is 0. The van der Waals surface area contributed by atoms with Gasteiger partial charge in [0, 0.05) is 19.1 Å². The minimum absolute atomic E-state index is 0. The van der Waals surface area contributed by atoms with Crippen LogP contribution in [0.25, 0.3) is 0 Å². The van der Waals surface area contributed by atoms with Crippen LogP contribution in [0.5, 0.6) is 0 Å². The highest BCUT2D eigenvalue weighted by Gasteiger charge is 2.19. The molecule has 1 aliphatic rings. The van der Waals surface area contributed by atoms with Crippen molar-refractivity contribution in [3.05, 3.63) is 35.6 Å². The van der Waals surface area contributed by atoms with Crippen LogP contribution >= 0.6 is 24.0 Å². The molecular weight excluding hydrogens is 408 g/mol. The normalized spacial score (nSPS) is 21.4. The topological polar surface area (TPSA) is 56.7 Å². The lowest BCUT2D eigenvalue weighted by Gasteiger charge is -2.27. The van der Waals surface area contributed by atoms with Crippen LogP contribution in [0.1, 0.15) is 38.2 Å². The molecule has 0 bridgehead atoms. The van der Waals surface area contributed by atoms with Crippen LogP contribution in [0.3, 0.4) is 0 Å². The number of rotatable bonds is 5. The van der Waals surface area contributed by atoms with E-state index in [1.807, 2.05) is 13.0 Å². The van der Waals surface area contributed by atoms with Crippen LogP contribution in [0, 0.1) is 5.82 Å². The summed E-state index contributed by atoms with van der Waals surface area (Å²) in [6.45, 7) is 3.37. The second-order valence-corrected chi connectivity index (χ2v) is 5.75. The van der Waals surface area contributed by atoms with Crippen molar-refractivity contribution in [2.45, 2.75) is 51.2 Å². The number of halogens is 2. The average molecular weight is 435 g/mol. The molecule has 23 heavy (non-hydrogen) atoms. The number of benzene rings is 1. The standard InChI is InChI=1S/C17H26FN3O.HI/c1-2-19-17(21-14-7-9-15(22)10-8-14)20-12-11-13-5-3-4-6-16(13)18;/h3-6,14-15,22H,2,7-12H2,1H3,(H2,19,20,21);1H. The zero-order valence-electron chi connectivity index (χ0n) is 13.6. The molecule has 0 saturated heterocycles. The molecule has 1 aromatic rings. The maximum atomic E-state index is 13.6. The molecule has 2 rings (SSSR count). The Morgan fingerprint density at radius 1 is 1.26 bits per heavy atom. The van der Waals surface area contributed by atoms with Crippen LogP contribution < -0.4 is 10.6 Å². The van der Waals surface area contributed by atoms with Crippen molar-refractivity contribution in [3.63, 3.8) is 0 Å². The average Bonchev–Trinajstić information content (AvgIpc) is 2.51. The largest absolute Gasteiger partial charge is 0.393 e. The zero-order chi connectivity index (χ0) is 15.8. The SMILES string of the molecule is CCNC(=NCCc1ccccc1F)NC1CCC(O)CC1.I. The third-order valence-corrected chi connectivity index (χ3v) is 3.99. The van der Waals surface area contributed by atoms with E-state index in [4.69, 9.17) is 0 Å². The van der Waals surface area contributed by atoms with Crippen LogP contribution in [-0.4, -0.2) is 36.3 Å². The molecule has 0 amide bonds. The Bertz CT molecular complexity index is 490. The Balaban J connectivity index is 0.00000264. The predicted molar refractivity (Wildman–Crippen MR) is 103 cm³/mol. The van der Waals surface area contributed by atoms with E-state index >= 15 is 0 Å². The number of aliphatic hydroxyl groups excluding tert-OH is 1. The molecule has 1 aromatic carbocycles. The lowest BCUT2D eigenvalue weighted by atomic mass is 9.93. The lowest BCUT2D eigenvalue weighted by molar-refractivity contribution is 0.120. The molecule has 0 unspecified atom stereocenters. The number of hydrogen-bond acceptors (Lipinski definition) is 2. The van der Waals surface area contributed by atoms with E-state index in [0.717, 1.165) is 38.2 Å². The maximum absolute atomic E-state index is 13.6. The fourth-order valence-corrected chi connectivity index (χ4v) is 2.72. The van der Waals surface area contributed by atoms with Gasteiger partial charge in [-0.25, -0.2) is 4.39 Å². The Morgan fingerprint density at radius 3 is 2.61 bits per heavy atom. The van der Waals surface area contributed by atoms with Crippen LogP contribution in [-0.2, 0) is 6.42 Å². The van der Waals surface area contributed by atoms with Gasteiger partial charge in [0.1, 0.15) is 5.82 Å². The van der Waals surface area contributed by atoms with E-state index in [1.54, 1.807) is 12.1 Å². The first kappa shape index (κ1) is 20.2. The van der Waals surface area contributed by atoms with Gasteiger partial charge in [0.05, 0.1) is 6.10 Å². The first-order valence-corrected chi connectivity index (χ1v) is 8.15. The van der Waals surface area contributed by atoms with Gasteiger partial charge in [-0.15, -0.1) is 24.0 Å². The van der Waals surface area contributed by atoms with Crippen molar-refractivity contribution in [1.82, 2.24) is 10.6 Å². The summed E-state index contributed by atoms with van der Waals surface area (Å²) in [5.74, 6) is 0.608. The van der Waals surface area contributed by atoms with Crippen molar-refractivity contribution < 1.29 is 9.50 Å². The quantitative estimate of drug-likeness (QED) is 0.379. The van der Waals surface area contributed by atoms with Gasteiger partial charge in [-0.3, -0.25) is 4.99 Å². The summed E-state index contributed by atoms with van der Waals surface area (Å²) in [4.78, 5) is 4.53. The third-order valence-electron chi connectivity index (χ3n) is 3.99. The summed E-state index contributed by atoms with van der Waals surface area (Å²) in [5, 5.41) is 16.2. The molecule has 6 heteroatoms. The van der Waals surface area contributed by atoms with Gasteiger partial charge < -0.3 is 15.7 Å². The Kier molecular flexibility index (Phi) is 9.47. The number of guanidine groups is 1. The summed E-state index contributed by atoms with van der Waals surface area (Å²) in [6.07, 6.45) is 4.03. The zero-order valence-corrected chi connectivity index (χ0v) is 15.9. The highest BCUT2D eigenvalue weighted by Crippen LogP contribution is 2.18. The summed E-state index contributed by atoms with van der Waals surface area (Å²) in [6, 6.07) is 7.18. The summed E-state index contributed by atoms with van der Waals surface area (Å²) < 4.78 is 13.6. The molecule has 3 N–H and O–H groups in total. The first-order valence-electron chi connectivity index (χ1n) is 8.15. The molecule has 1 saturated carbocycles. The van der Waals surface area contributed by atoms with Crippen molar-refractivity contribution in [2.75, 3.05) is 13.1 Å². The van der Waals surface area contributed by atoms with Crippen LogP contribution in [0.15, 0.2) is 29.3 Å². The number of nitrogens with zero attached hydrogens (tertiary/aromatic N) is 1. The molecule has 0 atom stereocenters. The van der Waals surface area contributed by atoms with Gasteiger partial charge >= 0.3 is 0 Å². The number of nitrogens with one attached hydrogen (secondary N) is 2. The van der Waals surface area contributed by atoms with E-state index in [0.29, 0.717) is 24.6 Å². The Hall–Kier alpha value is -0.890. The molecule has 0 heterocycles. The molecule has 1 fully saturated rings. The van der Waals surface area contributed by atoms with Crippen LogP contribution in [0.2, 0.25) is 0 Å². The lowest BCUT2D eigenvalue weighted by Crippen LogP contribution is -2.45. The minimum Gasteiger partial charge on any atom is -0.393 e. The molecule has 4 nitrogen and oxygen atoms in total. The molecule has 130 valence electrons. The van der Waals surface area contributed by atoms with Gasteiger partial charge in [0.2, 0.25) is 0 Å². The number of aliphatic imine (C=N–C) groups is 1. The van der Waals surface area contributed by atoms with Gasteiger partial charge in [-0.2, -0.15) is 0 Å². The third kappa shape index (κ3) is 7.03. The van der Waals surface area contributed by atoms with Gasteiger partial charge in [0.25, 0.3) is 0 Å². The monoisotopic (exact) mass is 435 g/mol. The highest BCUT2D eigenvalue weighted by molar-refractivity contribution is 14.0. The summed E-state index contributed by atoms with van der Waals surface area (Å²) in [7, 11) is 0.